The smallest absolute Gasteiger partial charge is 0.423 e. The summed E-state index contributed by atoms with van der Waals surface area (Å²) in [6, 6.07) is 2.52. The molecule has 84 valence electrons. The lowest BCUT2D eigenvalue weighted by Gasteiger charge is -2.01. The van der Waals surface area contributed by atoms with Crippen molar-refractivity contribution in [2.45, 2.75) is 6.18 Å². The van der Waals surface area contributed by atoms with Crippen molar-refractivity contribution < 1.29 is 17.9 Å². The van der Waals surface area contributed by atoms with E-state index in [0.717, 1.165) is 6.07 Å². The van der Waals surface area contributed by atoms with Crippen LogP contribution in [0, 0.1) is 0 Å². The van der Waals surface area contributed by atoms with Crippen LogP contribution in [0.2, 0.25) is 0 Å². The summed E-state index contributed by atoms with van der Waals surface area (Å²) in [6.07, 6.45) is -1.46. The molecule has 0 saturated carbocycles. The van der Waals surface area contributed by atoms with Gasteiger partial charge < -0.3 is 4.74 Å². The molecular weight excluding hydrogens is 241 g/mol. The minimum absolute atomic E-state index is 0.0222. The van der Waals surface area contributed by atoms with Crippen LogP contribution in [0.3, 0.4) is 0 Å². The normalized spacial score (nSPS) is 11.4. The number of rotatable bonds is 2. The highest BCUT2D eigenvalue weighted by Crippen LogP contribution is 2.37. The number of nitrogens with zero attached hydrogens (tertiary/aromatic N) is 2. The van der Waals surface area contributed by atoms with Crippen LogP contribution in [0.25, 0.3) is 0 Å². The van der Waals surface area contributed by atoms with E-state index in [9.17, 15) is 13.2 Å². The Labute approximate surface area is 92.5 Å². The topological polar surface area (TPSA) is 35.0 Å². The summed E-state index contributed by atoms with van der Waals surface area (Å²) < 4.78 is 41.8. The number of aromatic nitrogens is 2. The van der Waals surface area contributed by atoms with E-state index < -0.39 is 11.1 Å². The fourth-order valence-corrected chi connectivity index (χ4v) is 1.64. The summed E-state index contributed by atoms with van der Waals surface area (Å²) in [5, 5.41) is 1.26. The van der Waals surface area contributed by atoms with E-state index in [-0.39, 0.29) is 11.8 Å². The SMILES string of the molecule is FC(F)(F)c1cc(Oc2ncccn2)cs1. The molecule has 3 nitrogen and oxygen atoms in total. The average Bonchev–Trinajstić information content (AvgIpc) is 2.67. The van der Waals surface area contributed by atoms with Crippen LogP contribution in [0.1, 0.15) is 4.88 Å². The first-order valence-electron chi connectivity index (χ1n) is 4.16. The summed E-state index contributed by atoms with van der Waals surface area (Å²) in [4.78, 5) is 6.76. The van der Waals surface area contributed by atoms with Crippen molar-refractivity contribution in [2.24, 2.45) is 0 Å². The van der Waals surface area contributed by atoms with Crippen LogP contribution in [0.4, 0.5) is 13.2 Å². The lowest BCUT2D eigenvalue weighted by atomic mass is 10.4. The van der Waals surface area contributed by atoms with Gasteiger partial charge >= 0.3 is 12.2 Å². The molecule has 2 heterocycles. The van der Waals surface area contributed by atoms with Gasteiger partial charge in [0.2, 0.25) is 0 Å². The van der Waals surface area contributed by atoms with Crippen LogP contribution in [-0.4, -0.2) is 9.97 Å². The van der Waals surface area contributed by atoms with Crippen molar-refractivity contribution >= 4 is 11.3 Å². The van der Waals surface area contributed by atoms with E-state index in [1.807, 2.05) is 0 Å². The van der Waals surface area contributed by atoms with Gasteiger partial charge in [0.05, 0.1) is 0 Å². The fourth-order valence-electron chi connectivity index (χ4n) is 0.965. The molecule has 16 heavy (non-hydrogen) atoms. The van der Waals surface area contributed by atoms with Crippen molar-refractivity contribution in [3.05, 3.63) is 34.8 Å². The summed E-state index contributed by atoms with van der Waals surface area (Å²) in [5.41, 5.74) is 0. The largest absolute Gasteiger partial charge is 0.425 e. The lowest BCUT2D eigenvalue weighted by molar-refractivity contribution is -0.134. The molecule has 7 heteroatoms. The third-order valence-electron chi connectivity index (χ3n) is 1.61. The van der Waals surface area contributed by atoms with Gasteiger partial charge in [-0.1, -0.05) is 0 Å². The fraction of sp³-hybridized carbons (Fsp3) is 0.111. The van der Waals surface area contributed by atoms with Gasteiger partial charge in [0.25, 0.3) is 0 Å². The highest BCUT2D eigenvalue weighted by atomic mass is 32.1. The minimum atomic E-state index is -4.34. The Morgan fingerprint density at radius 3 is 2.44 bits per heavy atom. The van der Waals surface area contributed by atoms with Gasteiger partial charge in [-0.2, -0.15) is 13.2 Å². The Hall–Kier alpha value is -1.63. The van der Waals surface area contributed by atoms with Gasteiger partial charge in [0, 0.05) is 23.8 Å². The molecule has 0 aliphatic carbocycles. The summed E-state index contributed by atoms with van der Waals surface area (Å²) >= 11 is 0.570. The van der Waals surface area contributed by atoms with E-state index in [2.05, 4.69) is 9.97 Å². The number of hydrogen-bond acceptors (Lipinski definition) is 4. The van der Waals surface area contributed by atoms with Crippen LogP contribution in [-0.2, 0) is 6.18 Å². The number of halogens is 3. The zero-order valence-corrected chi connectivity index (χ0v) is 8.55. The van der Waals surface area contributed by atoms with Gasteiger partial charge in [-0.3, -0.25) is 0 Å². The maximum atomic E-state index is 12.3. The molecule has 2 aromatic rings. The molecule has 2 aromatic heterocycles. The monoisotopic (exact) mass is 246 g/mol. The molecule has 0 bridgehead atoms. The van der Waals surface area contributed by atoms with E-state index in [4.69, 9.17) is 4.74 Å². The minimum Gasteiger partial charge on any atom is -0.423 e. The first-order valence-corrected chi connectivity index (χ1v) is 5.04. The third-order valence-corrected chi connectivity index (χ3v) is 2.56. The molecule has 0 fully saturated rings. The van der Waals surface area contributed by atoms with Gasteiger partial charge in [0.1, 0.15) is 10.6 Å². The second kappa shape index (κ2) is 4.09. The molecule has 0 saturated heterocycles. The zero-order chi connectivity index (χ0) is 11.6. The van der Waals surface area contributed by atoms with Crippen LogP contribution in [0.5, 0.6) is 11.8 Å². The lowest BCUT2D eigenvalue weighted by Crippen LogP contribution is -2.00. The average molecular weight is 246 g/mol. The van der Waals surface area contributed by atoms with Crippen LogP contribution in [0.15, 0.2) is 29.9 Å². The molecule has 0 aliphatic rings. The Morgan fingerprint density at radius 2 is 1.88 bits per heavy atom. The number of alkyl halides is 3. The highest BCUT2D eigenvalue weighted by Gasteiger charge is 2.32. The maximum Gasteiger partial charge on any atom is 0.425 e. The van der Waals surface area contributed by atoms with Crippen molar-refractivity contribution in [1.29, 1.82) is 0 Å². The second-order valence-electron chi connectivity index (χ2n) is 2.78. The van der Waals surface area contributed by atoms with Gasteiger partial charge in [0.15, 0.2) is 0 Å². The molecule has 0 aromatic carbocycles. The molecule has 0 radical (unpaired) electrons. The third kappa shape index (κ3) is 2.48. The Balaban J connectivity index is 2.15. The van der Waals surface area contributed by atoms with Crippen LogP contribution >= 0.6 is 11.3 Å². The van der Waals surface area contributed by atoms with Gasteiger partial charge in [-0.05, 0) is 6.07 Å². The molecule has 0 N–H and O–H groups in total. The first-order chi connectivity index (χ1) is 7.55. The van der Waals surface area contributed by atoms with Crippen molar-refractivity contribution in [2.75, 3.05) is 0 Å². The molecule has 0 spiro atoms. The molecule has 2 rings (SSSR count). The van der Waals surface area contributed by atoms with Crippen molar-refractivity contribution in [3.8, 4) is 11.8 Å². The summed E-state index contributed by atoms with van der Waals surface area (Å²) in [7, 11) is 0. The molecule has 0 atom stereocenters. The molecular formula is C9H5F3N2OS. The molecule has 0 aliphatic heterocycles. The maximum absolute atomic E-state index is 12.3. The predicted octanol–water partition coefficient (Wildman–Crippen LogP) is 3.35. The Kier molecular flexibility index (Phi) is 2.78. The highest BCUT2D eigenvalue weighted by molar-refractivity contribution is 7.10. The van der Waals surface area contributed by atoms with Crippen molar-refractivity contribution in [3.63, 3.8) is 0 Å². The second-order valence-corrected chi connectivity index (χ2v) is 3.69. The van der Waals surface area contributed by atoms with E-state index in [1.54, 1.807) is 6.07 Å². The molecule has 0 amide bonds. The first kappa shape index (κ1) is 10.9. The zero-order valence-electron chi connectivity index (χ0n) is 7.73. The predicted molar refractivity (Wildman–Crippen MR) is 51.4 cm³/mol. The number of thiophene rings is 1. The van der Waals surface area contributed by atoms with E-state index >= 15 is 0 Å². The van der Waals surface area contributed by atoms with Crippen molar-refractivity contribution in [1.82, 2.24) is 9.97 Å². The van der Waals surface area contributed by atoms with Crippen LogP contribution < -0.4 is 4.74 Å². The Morgan fingerprint density at radius 1 is 1.19 bits per heavy atom. The van der Waals surface area contributed by atoms with Gasteiger partial charge in [-0.15, -0.1) is 11.3 Å². The summed E-state index contributed by atoms with van der Waals surface area (Å²) in [5.74, 6) is 0.0866. The standard InChI is InChI=1S/C9H5F3N2OS/c10-9(11,12)7-4-6(5-16-7)15-8-13-2-1-3-14-8/h1-5H. The van der Waals surface area contributed by atoms with E-state index in [0.29, 0.717) is 11.3 Å². The summed E-state index contributed by atoms with van der Waals surface area (Å²) in [6.45, 7) is 0. The van der Waals surface area contributed by atoms with E-state index in [1.165, 1.54) is 17.8 Å². The quantitative estimate of drug-likeness (QED) is 0.815. The number of hydrogen-bond donors (Lipinski definition) is 0. The number of ether oxygens (including phenoxy) is 1. The Bertz CT molecular complexity index is 469. The van der Waals surface area contributed by atoms with Gasteiger partial charge in [-0.25, -0.2) is 9.97 Å². The molecule has 0 unspecified atom stereocenters.